The molecule has 1 aliphatic heterocycles. The molecule has 1 saturated heterocycles. The van der Waals surface area contributed by atoms with Crippen LogP contribution < -0.4 is 15.4 Å². The van der Waals surface area contributed by atoms with Crippen molar-refractivity contribution in [2.75, 3.05) is 23.9 Å². The van der Waals surface area contributed by atoms with Gasteiger partial charge in [-0.05, 0) is 88.2 Å². The van der Waals surface area contributed by atoms with E-state index in [1.807, 2.05) is 32.9 Å². The van der Waals surface area contributed by atoms with Gasteiger partial charge in [0.1, 0.15) is 0 Å². The zero-order valence-corrected chi connectivity index (χ0v) is 21.2. The molecule has 8 nitrogen and oxygen atoms in total. The normalized spacial score (nSPS) is 34.3. The topological polar surface area (TPSA) is 113 Å². The SMILES string of the molecule is Cc1cc(C)c(N2CCCN(CC(=O)NC3C4CC5CC3CC(C(N)=O)(C5)C4)S2(=O)=O)c(C)c1. The van der Waals surface area contributed by atoms with Gasteiger partial charge in [0, 0.05) is 24.5 Å². The highest BCUT2D eigenvalue weighted by atomic mass is 32.2. The number of amides is 2. The number of carbonyl (C=O) groups excluding carboxylic acids is 2. The van der Waals surface area contributed by atoms with Crippen molar-refractivity contribution in [3.05, 3.63) is 28.8 Å². The third-order valence-electron chi connectivity index (χ3n) is 8.70. The summed E-state index contributed by atoms with van der Waals surface area (Å²) in [6, 6.07) is 3.99. The maximum absolute atomic E-state index is 13.5. The van der Waals surface area contributed by atoms with Crippen molar-refractivity contribution in [3.63, 3.8) is 0 Å². The molecule has 34 heavy (non-hydrogen) atoms. The molecule has 1 aromatic rings. The number of hydrogen-bond donors (Lipinski definition) is 2. The van der Waals surface area contributed by atoms with Crippen LogP contribution in [0, 0.1) is 43.9 Å². The lowest BCUT2D eigenvalue weighted by molar-refractivity contribution is -0.147. The fourth-order valence-corrected chi connectivity index (χ4v) is 9.47. The van der Waals surface area contributed by atoms with Crippen LogP contribution >= 0.6 is 0 Å². The molecular formula is C25H36N4O4S. The van der Waals surface area contributed by atoms with Gasteiger partial charge in [-0.1, -0.05) is 17.7 Å². The number of nitrogens with one attached hydrogen (secondary N) is 1. The minimum Gasteiger partial charge on any atom is -0.369 e. The summed E-state index contributed by atoms with van der Waals surface area (Å²) < 4.78 is 29.8. The van der Waals surface area contributed by atoms with E-state index in [0.717, 1.165) is 48.8 Å². The first kappa shape index (κ1) is 23.6. The minimum absolute atomic E-state index is 0.00158. The van der Waals surface area contributed by atoms with E-state index in [1.54, 1.807) is 0 Å². The number of benzene rings is 1. The van der Waals surface area contributed by atoms with E-state index >= 15 is 0 Å². The number of anilines is 1. The van der Waals surface area contributed by atoms with Gasteiger partial charge in [-0.3, -0.25) is 13.9 Å². The van der Waals surface area contributed by atoms with Gasteiger partial charge in [-0.2, -0.15) is 12.7 Å². The lowest BCUT2D eigenvalue weighted by atomic mass is 9.47. The van der Waals surface area contributed by atoms with E-state index in [0.29, 0.717) is 31.1 Å². The Morgan fingerprint density at radius 1 is 1.06 bits per heavy atom. The molecule has 4 bridgehead atoms. The van der Waals surface area contributed by atoms with Crippen LogP contribution in [0.2, 0.25) is 0 Å². The van der Waals surface area contributed by atoms with Gasteiger partial charge >= 0.3 is 10.2 Å². The summed E-state index contributed by atoms with van der Waals surface area (Å²) in [5.41, 5.74) is 9.03. The Morgan fingerprint density at radius 2 is 1.68 bits per heavy atom. The van der Waals surface area contributed by atoms with Crippen molar-refractivity contribution >= 4 is 27.7 Å². The molecule has 0 radical (unpaired) electrons. The van der Waals surface area contributed by atoms with Gasteiger partial charge in [0.15, 0.2) is 0 Å². The summed E-state index contributed by atoms with van der Waals surface area (Å²) in [6.45, 7) is 6.43. The van der Waals surface area contributed by atoms with Gasteiger partial charge in [-0.15, -0.1) is 0 Å². The molecule has 5 fully saturated rings. The number of rotatable bonds is 5. The van der Waals surface area contributed by atoms with Crippen molar-refractivity contribution < 1.29 is 18.0 Å². The largest absolute Gasteiger partial charge is 0.369 e. The number of carbonyl (C=O) groups is 2. The molecule has 2 amide bonds. The van der Waals surface area contributed by atoms with E-state index in [-0.39, 0.29) is 36.2 Å². The van der Waals surface area contributed by atoms with Crippen molar-refractivity contribution in [2.24, 2.45) is 28.9 Å². The van der Waals surface area contributed by atoms with Crippen LogP contribution in [0.4, 0.5) is 5.69 Å². The summed E-state index contributed by atoms with van der Waals surface area (Å²) in [5, 5.41) is 3.17. The van der Waals surface area contributed by atoms with E-state index in [4.69, 9.17) is 5.73 Å². The Hall–Kier alpha value is -2.13. The average molecular weight is 489 g/mol. The lowest BCUT2D eigenvalue weighted by Crippen LogP contribution is -2.63. The molecule has 186 valence electrons. The van der Waals surface area contributed by atoms with E-state index in [1.165, 1.54) is 8.61 Å². The zero-order chi connectivity index (χ0) is 24.4. The molecule has 0 spiro atoms. The van der Waals surface area contributed by atoms with Gasteiger partial charge < -0.3 is 11.1 Å². The Morgan fingerprint density at radius 3 is 2.26 bits per heavy atom. The maximum Gasteiger partial charge on any atom is 0.304 e. The summed E-state index contributed by atoms with van der Waals surface area (Å²) in [4.78, 5) is 25.3. The molecule has 6 rings (SSSR count). The van der Waals surface area contributed by atoms with Crippen molar-refractivity contribution in [1.29, 1.82) is 0 Å². The van der Waals surface area contributed by atoms with Gasteiger partial charge in [0.05, 0.1) is 12.2 Å². The number of nitrogens with two attached hydrogens (primary N) is 1. The van der Waals surface area contributed by atoms with Crippen LogP contribution in [-0.2, 0) is 19.8 Å². The number of nitrogens with zero attached hydrogens (tertiary/aromatic N) is 2. The monoisotopic (exact) mass is 488 g/mol. The second-order valence-electron chi connectivity index (χ2n) is 11.2. The third kappa shape index (κ3) is 3.81. The number of hydrogen-bond acceptors (Lipinski definition) is 4. The zero-order valence-electron chi connectivity index (χ0n) is 20.3. The molecule has 9 heteroatoms. The van der Waals surface area contributed by atoms with Crippen LogP contribution in [0.25, 0.3) is 0 Å². The lowest BCUT2D eigenvalue weighted by Gasteiger charge is -2.58. The fraction of sp³-hybridized carbons (Fsp3) is 0.680. The maximum atomic E-state index is 13.5. The first-order valence-electron chi connectivity index (χ1n) is 12.4. The second-order valence-corrected chi connectivity index (χ2v) is 13.1. The number of primary amides is 1. The van der Waals surface area contributed by atoms with Gasteiger partial charge in [0.25, 0.3) is 0 Å². The molecule has 3 N–H and O–H groups in total. The summed E-state index contributed by atoms with van der Waals surface area (Å²) in [6.07, 6.45) is 5.05. The molecule has 4 saturated carbocycles. The van der Waals surface area contributed by atoms with Crippen molar-refractivity contribution in [3.8, 4) is 0 Å². The third-order valence-corrected chi connectivity index (χ3v) is 10.6. The second kappa shape index (κ2) is 8.22. The van der Waals surface area contributed by atoms with E-state index in [2.05, 4.69) is 5.32 Å². The van der Waals surface area contributed by atoms with Gasteiger partial charge in [-0.25, -0.2) is 0 Å². The van der Waals surface area contributed by atoms with Crippen LogP contribution in [0.3, 0.4) is 0 Å². The van der Waals surface area contributed by atoms with E-state index in [9.17, 15) is 18.0 Å². The standard InChI is InChI=1S/C25H36N4O4S/c1-15-7-16(2)23(17(3)8-15)29-6-4-5-28(34(29,32)33)14-21(30)27-22-19-9-18-10-20(22)13-25(11-18,12-19)24(26)31/h7-8,18-20,22H,4-6,9-14H2,1-3H3,(H2,26,31)(H,27,30). The highest BCUT2D eigenvalue weighted by Crippen LogP contribution is 2.59. The molecule has 2 atom stereocenters. The summed E-state index contributed by atoms with van der Waals surface area (Å²) in [5.74, 6) is 0.548. The van der Waals surface area contributed by atoms with E-state index < -0.39 is 15.6 Å². The predicted octanol–water partition coefficient (Wildman–Crippen LogP) is 2.17. The highest BCUT2D eigenvalue weighted by molar-refractivity contribution is 7.90. The molecule has 5 aliphatic rings. The minimum atomic E-state index is -3.81. The molecule has 1 aromatic carbocycles. The van der Waals surface area contributed by atoms with Crippen molar-refractivity contribution in [1.82, 2.24) is 9.62 Å². The fourth-order valence-electron chi connectivity index (χ4n) is 7.67. The highest BCUT2D eigenvalue weighted by Gasteiger charge is 2.58. The molecule has 2 unspecified atom stereocenters. The Kier molecular flexibility index (Phi) is 5.71. The smallest absolute Gasteiger partial charge is 0.304 e. The summed E-state index contributed by atoms with van der Waals surface area (Å²) >= 11 is 0. The Labute approximate surface area is 202 Å². The first-order valence-corrected chi connectivity index (χ1v) is 13.8. The molecule has 0 aromatic heterocycles. The Balaban J connectivity index is 1.30. The quantitative estimate of drug-likeness (QED) is 0.661. The van der Waals surface area contributed by atoms with Crippen molar-refractivity contribution in [2.45, 2.75) is 65.3 Å². The molecule has 4 aliphatic carbocycles. The first-order chi connectivity index (χ1) is 16.0. The average Bonchev–Trinajstić information content (AvgIpc) is 2.72. The van der Waals surface area contributed by atoms with Crippen LogP contribution in [0.15, 0.2) is 12.1 Å². The molecular weight excluding hydrogens is 452 g/mol. The molecule has 1 heterocycles. The van der Waals surface area contributed by atoms with Gasteiger partial charge in [0.2, 0.25) is 11.8 Å². The summed E-state index contributed by atoms with van der Waals surface area (Å²) in [7, 11) is -3.81. The predicted molar refractivity (Wildman–Crippen MR) is 130 cm³/mol. The Bertz CT molecular complexity index is 1090. The van der Waals surface area contributed by atoms with Crippen LogP contribution in [0.1, 0.15) is 55.2 Å². The van der Waals surface area contributed by atoms with Crippen LogP contribution in [-0.4, -0.2) is 50.2 Å². The number of aryl methyl sites for hydroxylation is 3. The van der Waals surface area contributed by atoms with Crippen LogP contribution in [0.5, 0.6) is 0 Å².